The van der Waals surface area contributed by atoms with Crippen molar-refractivity contribution in [2.75, 3.05) is 5.32 Å². The van der Waals surface area contributed by atoms with Crippen LogP contribution in [-0.2, 0) is 6.54 Å². The molecule has 2 saturated carbocycles. The summed E-state index contributed by atoms with van der Waals surface area (Å²) in [6, 6.07) is 21.4. The molecule has 3 aliphatic rings. The van der Waals surface area contributed by atoms with E-state index < -0.39 is 0 Å². The highest BCUT2D eigenvalue weighted by molar-refractivity contribution is 5.95. The minimum atomic E-state index is -0.0171. The van der Waals surface area contributed by atoms with Crippen LogP contribution >= 0.6 is 0 Å². The molecule has 156 valence electrons. The summed E-state index contributed by atoms with van der Waals surface area (Å²) in [5, 5.41) is 6.90. The van der Waals surface area contributed by atoms with E-state index >= 15 is 0 Å². The second-order valence-corrected chi connectivity index (χ2v) is 9.32. The lowest BCUT2D eigenvalue weighted by Gasteiger charge is -2.43. The van der Waals surface area contributed by atoms with Crippen molar-refractivity contribution in [1.29, 1.82) is 0 Å². The molecule has 0 saturated heterocycles. The molecule has 2 bridgehead atoms. The van der Waals surface area contributed by atoms with E-state index in [1.807, 2.05) is 18.2 Å². The summed E-state index contributed by atoms with van der Waals surface area (Å²) in [5.74, 6) is 2.67. The normalized spacial score (nSPS) is 27.8. The Bertz CT molecular complexity index is 1100. The van der Waals surface area contributed by atoms with Gasteiger partial charge in [-0.05, 0) is 83.9 Å². The van der Waals surface area contributed by atoms with Gasteiger partial charge in [0.25, 0.3) is 5.91 Å². The van der Waals surface area contributed by atoms with Gasteiger partial charge in [-0.1, -0.05) is 36.4 Å². The molecule has 1 amide bonds. The molecule has 0 radical (unpaired) electrons. The number of benzene rings is 2. The Balaban J connectivity index is 1.30. The summed E-state index contributed by atoms with van der Waals surface area (Å²) in [6.07, 6.45) is 7.54. The van der Waals surface area contributed by atoms with Crippen molar-refractivity contribution in [2.24, 2.45) is 17.8 Å². The van der Waals surface area contributed by atoms with Crippen LogP contribution in [0.2, 0.25) is 0 Å². The van der Waals surface area contributed by atoms with Crippen molar-refractivity contribution in [3.8, 4) is 0 Å². The van der Waals surface area contributed by atoms with Crippen LogP contribution in [-0.4, -0.2) is 10.9 Å². The number of carbonyl (C=O) groups excluding carboxylic acids is 1. The molecule has 2 fully saturated rings. The molecule has 3 aromatic rings. The van der Waals surface area contributed by atoms with Crippen molar-refractivity contribution in [1.82, 2.24) is 10.3 Å². The second-order valence-electron chi connectivity index (χ2n) is 9.32. The summed E-state index contributed by atoms with van der Waals surface area (Å²) in [7, 11) is 0. The number of hydrogen-bond acceptors (Lipinski definition) is 3. The maximum Gasteiger partial charge on any atom is 0.251 e. The fourth-order valence-electron chi connectivity index (χ4n) is 6.40. The number of rotatable bonds is 4. The average molecular weight is 410 g/mol. The Hall–Kier alpha value is -3.14. The second kappa shape index (κ2) is 7.52. The number of pyridine rings is 1. The van der Waals surface area contributed by atoms with Crippen LogP contribution in [0.3, 0.4) is 0 Å². The Morgan fingerprint density at radius 1 is 1.03 bits per heavy atom. The highest BCUT2D eigenvalue weighted by atomic mass is 16.1. The van der Waals surface area contributed by atoms with Gasteiger partial charge in [-0.25, -0.2) is 0 Å². The van der Waals surface area contributed by atoms with E-state index in [4.69, 9.17) is 0 Å². The minimum Gasteiger partial charge on any atom is -0.378 e. The van der Waals surface area contributed by atoms with Gasteiger partial charge < -0.3 is 10.6 Å². The molecular formula is C27H27N3O. The minimum absolute atomic E-state index is 0.0171. The zero-order valence-electron chi connectivity index (χ0n) is 17.5. The van der Waals surface area contributed by atoms with Crippen molar-refractivity contribution in [3.05, 3.63) is 95.3 Å². The molecular weight excluding hydrogens is 382 g/mol. The summed E-state index contributed by atoms with van der Waals surface area (Å²) >= 11 is 0. The van der Waals surface area contributed by atoms with Crippen LogP contribution in [0, 0.1) is 17.8 Å². The highest BCUT2D eigenvalue weighted by Crippen LogP contribution is 2.63. The molecule has 0 spiro atoms. The Morgan fingerprint density at radius 2 is 1.90 bits per heavy atom. The number of aromatic nitrogens is 1. The predicted molar refractivity (Wildman–Crippen MR) is 122 cm³/mol. The lowest BCUT2D eigenvalue weighted by Crippen LogP contribution is -2.35. The van der Waals surface area contributed by atoms with Crippen LogP contribution in [0.4, 0.5) is 5.69 Å². The van der Waals surface area contributed by atoms with Crippen LogP contribution in [0.1, 0.15) is 58.3 Å². The van der Waals surface area contributed by atoms with E-state index in [0.717, 1.165) is 23.0 Å². The first-order chi connectivity index (χ1) is 15.3. The SMILES string of the molecule is O=C(NCc1cccnc1)c1ccc2c(c1)[C@H]1[C@H]3CC[C@H](C3)[C@@H]1[C@@H](c1ccccc1)N2. The smallest absolute Gasteiger partial charge is 0.251 e. The lowest BCUT2D eigenvalue weighted by atomic mass is 9.68. The topological polar surface area (TPSA) is 54.0 Å². The molecule has 31 heavy (non-hydrogen) atoms. The summed E-state index contributed by atoms with van der Waals surface area (Å²) in [5.41, 5.74) is 5.69. The molecule has 2 aliphatic carbocycles. The van der Waals surface area contributed by atoms with Gasteiger partial charge in [-0.2, -0.15) is 0 Å². The van der Waals surface area contributed by atoms with Gasteiger partial charge in [0, 0.05) is 30.2 Å². The predicted octanol–water partition coefficient (Wildman–Crippen LogP) is 5.31. The van der Waals surface area contributed by atoms with Crippen molar-refractivity contribution in [3.63, 3.8) is 0 Å². The number of nitrogens with zero attached hydrogens (tertiary/aromatic N) is 1. The monoisotopic (exact) mass is 409 g/mol. The maximum atomic E-state index is 12.9. The summed E-state index contributed by atoms with van der Waals surface area (Å²) in [6.45, 7) is 0.495. The Kier molecular flexibility index (Phi) is 4.52. The lowest BCUT2D eigenvalue weighted by molar-refractivity contribution is 0.0950. The third-order valence-corrected chi connectivity index (χ3v) is 7.68. The fourth-order valence-corrected chi connectivity index (χ4v) is 6.40. The maximum absolute atomic E-state index is 12.9. The molecule has 5 atom stereocenters. The third kappa shape index (κ3) is 3.21. The van der Waals surface area contributed by atoms with E-state index in [1.54, 1.807) is 12.4 Å². The van der Waals surface area contributed by atoms with Crippen molar-refractivity contribution >= 4 is 11.6 Å². The van der Waals surface area contributed by atoms with Crippen molar-refractivity contribution in [2.45, 2.75) is 37.8 Å². The zero-order chi connectivity index (χ0) is 20.8. The van der Waals surface area contributed by atoms with E-state index in [0.29, 0.717) is 24.4 Å². The van der Waals surface area contributed by atoms with Crippen LogP contribution < -0.4 is 10.6 Å². The van der Waals surface area contributed by atoms with Crippen molar-refractivity contribution < 1.29 is 4.79 Å². The molecule has 4 heteroatoms. The van der Waals surface area contributed by atoms with E-state index in [2.05, 4.69) is 58.1 Å². The largest absolute Gasteiger partial charge is 0.378 e. The van der Waals surface area contributed by atoms with Gasteiger partial charge in [0.15, 0.2) is 0 Å². The van der Waals surface area contributed by atoms with E-state index in [-0.39, 0.29) is 5.91 Å². The molecule has 1 aliphatic heterocycles. The standard InChI is InChI=1S/C27H27N3O/c31-27(29-16-17-5-4-12-28-15-17)21-10-11-23-22(14-21)24-19-8-9-20(13-19)25(24)26(30-23)18-6-2-1-3-7-18/h1-7,10-12,14-15,19-20,24-26,30H,8-9,13,16H2,(H,29,31)/t19-,20+,24+,25-,26+/m0/s1. The highest BCUT2D eigenvalue weighted by Gasteiger charge is 2.53. The number of hydrogen-bond donors (Lipinski definition) is 2. The molecule has 2 heterocycles. The number of nitrogens with one attached hydrogen (secondary N) is 2. The molecule has 2 aromatic carbocycles. The third-order valence-electron chi connectivity index (χ3n) is 7.68. The molecule has 6 rings (SSSR count). The van der Waals surface area contributed by atoms with Crippen LogP contribution in [0.25, 0.3) is 0 Å². The quantitative estimate of drug-likeness (QED) is 0.614. The van der Waals surface area contributed by atoms with Gasteiger partial charge in [0.05, 0.1) is 6.04 Å². The van der Waals surface area contributed by atoms with Crippen LogP contribution in [0.5, 0.6) is 0 Å². The van der Waals surface area contributed by atoms with Gasteiger partial charge in [0.1, 0.15) is 0 Å². The number of fused-ring (bicyclic) bond motifs is 7. The first-order valence-electron chi connectivity index (χ1n) is 11.4. The molecule has 1 aromatic heterocycles. The fraction of sp³-hybridized carbons (Fsp3) is 0.333. The van der Waals surface area contributed by atoms with Gasteiger partial charge in [-0.3, -0.25) is 9.78 Å². The number of amides is 1. The zero-order valence-corrected chi connectivity index (χ0v) is 17.5. The number of anilines is 1. The molecule has 4 nitrogen and oxygen atoms in total. The Labute approximate surface area is 183 Å². The van der Waals surface area contributed by atoms with Crippen LogP contribution in [0.15, 0.2) is 73.1 Å². The van der Waals surface area contributed by atoms with Gasteiger partial charge in [-0.15, -0.1) is 0 Å². The number of carbonyl (C=O) groups is 1. The van der Waals surface area contributed by atoms with Gasteiger partial charge in [0.2, 0.25) is 0 Å². The first-order valence-corrected chi connectivity index (χ1v) is 11.4. The first kappa shape index (κ1) is 18.6. The Morgan fingerprint density at radius 3 is 2.74 bits per heavy atom. The van der Waals surface area contributed by atoms with Gasteiger partial charge >= 0.3 is 0 Å². The summed E-state index contributed by atoms with van der Waals surface area (Å²) in [4.78, 5) is 17.0. The molecule has 2 N–H and O–H groups in total. The summed E-state index contributed by atoms with van der Waals surface area (Å²) < 4.78 is 0. The van der Waals surface area contributed by atoms with E-state index in [1.165, 1.54) is 36.1 Å². The average Bonchev–Trinajstić information content (AvgIpc) is 3.46. The molecule has 0 unspecified atom stereocenters. The van der Waals surface area contributed by atoms with E-state index in [9.17, 15) is 4.79 Å².